The summed E-state index contributed by atoms with van der Waals surface area (Å²) in [4.78, 5) is 0. The van der Waals surface area contributed by atoms with Gasteiger partial charge in [-0.2, -0.15) is 30.6 Å². The molecular formula is C10H22F3N3O2S. The first-order chi connectivity index (χ1) is 8.43. The molecule has 9 heteroatoms. The highest BCUT2D eigenvalue weighted by Gasteiger charge is 2.33. The molecule has 0 bridgehead atoms. The molecule has 0 aromatic carbocycles. The van der Waals surface area contributed by atoms with E-state index in [0.29, 0.717) is 6.42 Å². The summed E-state index contributed by atoms with van der Waals surface area (Å²) in [7, 11) is -4.15. The molecule has 0 saturated heterocycles. The van der Waals surface area contributed by atoms with Crippen LogP contribution < -0.4 is 10.5 Å². The second-order valence-electron chi connectivity index (χ2n) is 5.14. The van der Waals surface area contributed by atoms with E-state index in [9.17, 15) is 21.6 Å². The number of nitrogens with two attached hydrogens (primary N) is 1. The van der Waals surface area contributed by atoms with Gasteiger partial charge in [-0.15, -0.1) is 0 Å². The van der Waals surface area contributed by atoms with Gasteiger partial charge in [-0.25, -0.2) is 0 Å². The SMILES string of the molecule is CCCN(CC(C)(C)CN)S(=O)(=O)NCC(F)(F)F. The summed E-state index contributed by atoms with van der Waals surface area (Å²) in [6.45, 7) is 4.16. The van der Waals surface area contributed by atoms with E-state index in [-0.39, 0.29) is 19.6 Å². The molecule has 0 aliphatic heterocycles. The van der Waals surface area contributed by atoms with Gasteiger partial charge < -0.3 is 5.73 Å². The molecule has 0 aliphatic rings. The summed E-state index contributed by atoms with van der Waals surface area (Å²) in [6, 6.07) is 0. The molecule has 0 aromatic heterocycles. The van der Waals surface area contributed by atoms with Crippen molar-refractivity contribution in [2.24, 2.45) is 11.1 Å². The van der Waals surface area contributed by atoms with E-state index in [0.717, 1.165) is 4.31 Å². The molecule has 0 saturated carbocycles. The van der Waals surface area contributed by atoms with Crippen molar-refractivity contribution in [2.45, 2.75) is 33.4 Å². The maximum Gasteiger partial charge on any atom is 0.402 e. The van der Waals surface area contributed by atoms with Crippen molar-refractivity contribution in [3.05, 3.63) is 0 Å². The van der Waals surface area contributed by atoms with Gasteiger partial charge in [0, 0.05) is 13.1 Å². The van der Waals surface area contributed by atoms with Gasteiger partial charge in [0.1, 0.15) is 6.54 Å². The Labute approximate surface area is 112 Å². The highest BCUT2D eigenvalue weighted by molar-refractivity contribution is 7.87. The number of hydrogen-bond acceptors (Lipinski definition) is 3. The second kappa shape index (κ2) is 6.87. The summed E-state index contributed by atoms with van der Waals surface area (Å²) in [6.07, 6.45) is -4.07. The zero-order chi connectivity index (χ0) is 15.3. The monoisotopic (exact) mass is 305 g/mol. The summed E-state index contributed by atoms with van der Waals surface area (Å²) in [5.74, 6) is 0. The fourth-order valence-electron chi connectivity index (χ4n) is 1.34. The number of alkyl halides is 3. The van der Waals surface area contributed by atoms with Gasteiger partial charge in [-0.05, 0) is 18.4 Å². The molecule has 0 spiro atoms. The van der Waals surface area contributed by atoms with Crippen molar-refractivity contribution in [2.75, 3.05) is 26.2 Å². The molecule has 0 rings (SSSR count). The van der Waals surface area contributed by atoms with Gasteiger partial charge in [0.2, 0.25) is 0 Å². The molecule has 19 heavy (non-hydrogen) atoms. The zero-order valence-electron chi connectivity index (χ0n) is 11.4. The Morgan fingerprint density at radius 3 is 2.16 bits per heavy atom. The molecule has 0 aliphatic carbocycles. The lowest BCUT2D eigenvalue weighted by Crippen LogP contribution is -2.49. The van der Waals surface area contributed by atoms with Gasteiger partial charge in [-0.3, -0.25) is 0 Å². The van der Waals surface area contributed by atoms with E-state index < -0.39 is 28.3 Å². The van der Waals surface area contributed by atoms with Crippen LogP contribution in [0.25, 0.3) is 0 Å². The topological polar surface area (TPSA) is 75.4 Å². The average molecular weight is 305 g/mol. The Bertz CT molecular complexity index is 369. The molecule has 0 atom stereocenters. The largest absolute Gasteiger partial charge is 0.402 e. The van der Waals surface area contributed by atoms with E-state index in [1.165, 1.54) is 0 Å². The minimum Gasteiger partial charge on any atom is -0.330 e. The highest BCUT2D eigenvalue weighted by atomic mass is 32.2. The smallest absolute Gasteiger partial charge is 0.330 e. The molecular weight excluding hydrogens is 283 g/mol. The van der Waals surface area contributed by atoms with Gasteiger partial charge in [0.05, 0.1) is 0 Å². The maximum atomic E-state index is 12.1. The number of hydrogen-bond donors (Lipinski definition) is 2. The van der Waals surface area contributed by atoms with Crippen molar-refractivity contribution >= 4 is 10.2 Å². The standard InChI is InChI=1S/C10H22F3N3O2S/c1-4-5-16(8-9(2,3)6-14)19(17,18)15-7-10(11,12)13/h15H,4-8,14H2,1-3H3. The normalized spacial score (nSPS) is 14.1. The molecule has 5 nitrogen and oxygen atoms in total. The van der Waals surface area contributed by atoms with Crippen molar-refractivity contribution in [1.29, 1.82) is 0 Å². The second-order valence-corrected chi connectivity index (χ2v) is 6.90. The zero-order valence-corrected chi connectivity index (χ0v) is 12.2. The Morgan fingerprint density at radius 2 is 1.79 bits per heavy atom. The van der Waals surface area contributed by atoms with Crippen LogP contribution in [0.4, 0.5) is 13.2 Å². The van der Waals surface area contributed by atoms with Crippen molar-refractivity contribution in [3.8, 4) is 0 Å². The minimum absolute atomic E-state index is 0.0739. The van der Waals surface area contributed by atoms with E-state index in [4.69, 9.17) is 5.73 Å². The lowest BCUT2D eigenvalue weighted by molar-refractivity contribution is -0.121. The highest BCUT2D eigenvalue weighted by Crippen LogP contribution is 2.18. The maximum absolute atomic E-state index is 12.1. The van der Waals surface area contributed by atoms with Crippen molar-refractivity contribution in [3.63, 3.8) is 0 Å². The number of halogens is 3. The summed E-state index contributed by atoms with van der Waals surface area (Å²) in [5.41, 5.74) is 5.02. The third-order valence-electron chi connectivity index (χ3n) is 2.42. The third kappa shape index (κ3) is 7.71. The first-order valence-corrected chi connectivity index (χ1v) is 7.39. The third-order valence-corrected chi connectivity index (χ3v) is 3.93. The van der Waals surface area contributed by atoms with Crippen LogP contribution in [0.15, 0.2) is 0 Å². The Kier molecular flexibility index (Phi) is 6.73. The van der Waals surface area contributed by atoms with Crippen LogP contribution >= 0.6 is 0 Å². The Morgan fingerprint density at radius 1 is 1.26 bits per heavy atom. The quantitative estimate of drug-likeness (QED) is 0.704. The van der Waals surface area contributed by atoms with Crippen molar-refractivity contribution in [1.82, 2.24) is 9.03 Å². The van der Waals surface area contributed by atoms with Crippen LogP contribution in [0.5, 0.6) is 0 Å². The molecule has 0 amide bonds. The predicted octanol–water partition coefficient (Wildman–Crippen LogP) is 1.08. The van der Waals surface area contributed by atoms with Crippen molar-refractivity contribution < 1.29 is 21.6 Å². The molecule has 0 aromatic rings. The predicted molar refractivity (Wildman–Crippen MR) is 67.7 cm³/mol. The molecule has 0 heterocycles. The first kappa shape index (κ1) is 18.6. The van der Waals surface area contributed by atoms with Crippen LogP contribution in [-0.2, 0) is 10.2 Å². The number of rotatable bonds is 8. The van der Waals surface area contributed by atoms with Crippen LogP contribution in [0.1, 0.15) is 27.2 Å². The Balaban J connectivity index is 4.86. The van der Waals surface area contributed by atoms with Gasteiger partial charge >= 0.3 is 6.18 Å². The fourth-order valence-corrected chi connectivity index (χ4v) is 2.81. The fraction of sp³-hybridized carbons (Fsp3) is 1.00. The molecule has 3 N–H and O–H groups in total. The van der Waals surface area contributed by atoms with Gasteiger partial charge in [0.25, 0.3) is 10.2 Å². The first-order valence-electron chi connectivity index (χ1n) is 5.95. The van der Waals surface area contributed by atoms with E-state index >= 15 is 0 Å². The van der Waals surface area contributed by atoms with Gasteiger partial charge in [-0.1, -0.05) is 20.8 Å². The van der Waals surface area contributed by atoms with E-state index in [1.807, 2.05) is 0 Å². The minimum atomic E-state index is -4.58. The Hall–Kier alpha value is -0.380. The average Bonchev–Trinajstić information content (AvgIpc) is 2.25. The van der Waals surface area contributed by atoms with Crippen LogP contribution in [0.2, 0.25) is 0 Å². The summed E-state index contributed by atoms with van der Waals surface area (Å²) < 4.78 is 62.5. The van der Waals surface area contributed by atoms with E-state index in [2.05, 4.69) is 0 Å². The molecule has 0 fully saturated rings. The lowest BCUT2D eigenvalue weighted by atomic mass is 9.94. The van der Waals surface area contributed by atoms with E-state index in [1.54, 1.807) is 25.5 Å². The summed E-state index contributed by atoms with van der Waals surface area (Å²) >= 11 is 0. The van der Waals surface area contributed by atoms with Crippen LogP contribution in [-0.4, -0.2) is 45.1 Å². The van der Waals surface area contributed by atoms with Crippen LogP contribution in [0, 0.1) is 5.41 Å². The molecule has 116 valence electrons. The lowest BCUT2D eigenvalue weighted by Gasteiger charge is -2.31. The van der Waals surface area contributed by atoms with Crippen LogP contribution in [0.3, 0.4) is 0 Å². The molecule has 0 radical (unpaired) electrons. The number of nitrogens with one attached hydrogen (secondary N) is 1. The summed E-state index contributed by atoms with van der Waals surface area (Å²) in [5, 5.41) is 0. The van der Waals surface area contributed by atoms with Gasteiger partial charge in [0.15, 0.2) is 0 Å². The molecule has 0 unspecified atom stereocenters. The number of nitrogens with zero attached hydrogens (tertiary/aromatic N) is 1.